The van der Waals surface area contributed by atoms with Crippen LogP contribution in [0.4, 0.5) is 15.0 Å². The molecule has 1 aliphatic heterocycles. The lowest BCUT2D eigenvalue weighted by Crippen LogP contribution is -2.50. The lowest BCUT2D eigenvalue weighted by atomic mass is 10.1. The zero-order chi connectivity index (χ0) is 21.5. The predicted molar refractivity (Wildman–Crippen MR) is 116 cm³/mol. The first-order valence-electron chi connectivity index (χ1n) is 9.71. The Balaban J connectivity index is 1.45. The third kappa shape index (κ3) is 4.30. The lowest BCUT2D eigenvalue weighted by molar-refractivity contribution is 0.0240. The van der Waals surface area contributed by atoms with Crippen molar-refractivity contribution in [3.8, 4) is 11.1 Å². The summed E-state index contributed by atoms with van der Waals surface area (Å²) in [6, 6.07) is 6.68. The molecule has 0 aliphatic carbocycles. The molecule has 2 aromatic heterocycles. The summed E-state index contributed by atoms with van der Waals surface area (Å²) in [4.78, 5) is 34.4. The van der Waals surface area contributed by atoms with E-state index in [0.717, 1.165) is 17.2 Å². The number of aromatic amines is 1. The third-order valence-electron chi connectivity index (χ3n) is 4.82. The van der Waals surface area contributed by atoms with Crippen LogP contribution in [0.5, 0.6) is 0 Å². The Kier molecular flexibility index (Phi) is 5.23. The second kappa shape index (κ2) is 7.71. The fraction of sp³-hybridized carbons (Fsp3) is 0.381. The summed E-state index contributed by atoms with van der Waals surface area (Å²) in [7, 11) is 0. The minimum absolute atomic E-state index is 0.208. The first kappa shape index (κ1) is 20.3. The number of thiazole rings is 1. The number of nitrogens with zero attached hydrogens (tertiary/aromatic N) is 3. The molecule has 0 unspecified atom stereocenters. The summed E-state index contributed by atoms with van der Waals surface area (Å²) in [5, 5.41) is 0. The van der Waals surface area contributed by atoms with Gasteiger partial charge in [0.25, 0.3) is 0 Å². The number of pyridine rings is 1. The number of nitrogens with one attached hydrogen (secondary N) is 1. The van der Waals surface area contributed by atoms with Gasteiger partial charge in [-0.05, 0) is 45.0 Å². The van der Waals surface area contributed by atoms with E-state index in [1.165, 1.54) is 6.07 Å². The van der Waals surface area contributed by atoms with Crippen LogP contribution in [0.15, 0.2) is 35.3 Å². The lowest BCUT2D eigenvalue weighted by Gasteiger charge is -2.36. The van der Waals surface area contributed by atoms with Crippen molar-refractivity contribution >= 4 is 33.5 Å². The van der Waals surface area contributed by atoms with Gasteiger partial charge in [-0.25, -0.2) is 14.2 Å². The number of piperazine rings is 1. The molecule has 0 spiro atoms. The minimum Gasteiger partial charge on any atom is -0.444 e. The Morgan fingerprint density at radius 1 is 1.20 bits per heavy atom. The molecular formula is C21H23FN4O3S. The van der Waals surface area contributed by atoms with E-state index in [1.54, 1.807) is 17.2 Å². The number of halogens is 1. The van der Waals surface area contributed by atoms with Gasteiger partial charge in [-0.15, -0.1) is 0 Å². The standard InChI is InChI=1S/C21H23FN4O3S/c1-21(2,3)29-20(28)26-8-6-25(7-9-26)18-5-4-13(12-23-18)14-10-17-16(11-15(14)22)24-19(27)30-17/h4-5,10-12H,6-9H2,1-3H3,(H,24,27). The number of amides is 1. The minimum atomic E-state index is -0.514. The maximum absolute atomic E-state index is 14.5. The molecule has 1 fully saturated rings. The topological polar surface area (TPSA) is 78.5 Å². The fourth-order valence-electron chi connectivity index (χ4n) is 3.37. The van der Waals surface area contributed by atoms with Gasteiger partial charge < -0.3 is 19.5 Å². The van der Waals surface area contributed by atoms with Crippen LogP contribution >= 0.6 is 11.3 Å². The van der Waals surface area contributed by atoms with Gasteiger partial charge in [0.1, 0.15) is 17.2 Å². The van der Waals surface area contributed by atoms with Gasteiger partial charge in [-0.3, -0.25) is 4.79 Å². The highest BCUT2D eigenvalue weighted by Gasteiger charge is 2.26. The van der Waals surface area contributed by atoms with Crippen molar-refractivity contribution in [3.05, 3.63) is 45.9 Å². The summed E-state index contributed by atoms with van der Waals surface area (Å²) in [5.41, 5.74) is 1.04. The Hall–Kier alpha value is -2.94. The van der Waals surface area contributed by atoms with Crippen molar-refractivity contribution in [1.82, 2.24) is 14.9 Å². The quantitative estimate of drug-likeness (QED) is 0.668. The molecular weight excluding hydrogens is 407 g/mol. The van der Waals surface area contributed by atoms with Crippen LogP contribution in [0.1, 0.15) is 20.8 Å². The van der Waals surface area contributed by atoms with Crippen LogP contribution in [-0.4, -0.2) is 52.7 Å². The molecule has 0 bridgehead atoms. The highest BCUT2D eigenvalue weighted by molar-refractivity contribution is 7.16. The van der Waals surface area contributed by atoms with Gasteiger partial charge in [0.05, 0.1) is 10.2 Å². The van der Waals surface area contributed by atoms with Crippen LogP contribution in [0.25, 0.3) is 21.3 Å². The van der Waals surface area contributed by atoms with Gasteiger partial charge in [0.15, 0.2) is 0 Å². The van der Waals surface area contributed by atoms with Crippen LogP contribution in [-0.2, 0) is 4.74 Å². The number of ether oxygens (including phenoxy) is 1. The van der Waals surface area contributed by atoms with Gasteiger partial charge in [0.2, 0.25) is 0 Å². The van der Waals surface area contributed by atoms with Crippen LogP contribution in [0.2, 0.25) is 0 Å². The second-order valence-corrected chi connectivity index (χ2v) is 9.22. The summed E-state index contributed by atoms with van der Waals surface area (Å²) < 4.78 is 20.6. The molecule has 0 radical (unpaired) electrons. The molecule has 0 saturated carbocycles. The van der Waals surface area contributed by atoms with Gasteiger partial charge in [-0.1, -0.05) is 11.3 Å². The van der Waals surface area contributed by atoms with E-state index in [-0.39, 0.29) is 11.0 Å². The van der Waals surface area contributed by atoms with Crippen molar-refractivity contribution in [2.75, 3.05) is 31.1 Å². The number of carbonyl (C=O) groups excluding carboxylic acids is 1. The van der Waals surface area contributed by atoms with E-state index in [0.29, 0.717) is 47.5 Å². The molecule has 0 atom stereocenters. The number of rotatable bonds is 2. The fourth-order valence-corrected chi connectivity index (χ4v) is 4.13. The average Bonchev–Trinajstić information content (AvgIpc) is 3.05. The molecule has 1 amide bonds. The average molecular weight is 431 g/mol. The van der Waals surface area contributed by atoms with Crippen LogP contribution in [0.3, 0.4) is 0 Å². The Morgan fingerprint density at radius 2 is 1.93 bits per heavy atom. The van der Waals surface area contributed by atoms with E-state index in [2.05, 4.69) is 14.9 Å². The molecule has 7 nitrogen and oxygen atoms in total. The van der Waals surface area contributed by atoms with E-state index in [1.807, 2.05) is 32.9 Å². The normalized spacial score (nSPS) is 14.9. The summed E-state index contributed by atoms with van der Waals surface area (Å²) >= 11 is 1.05. The van der Waals surface area contributed by atoms with Crippen molar-refractivity contribution in [2.24, 2.45) is 0 Å². The number of hydrogen-bond donors (Lipinski definition) is 1. The van der Waals surface area contributed by atoms with Crippen molar-refractivity contribution in [1.29, 1.82) is 0 Å². The van der Waals surface area contributed by atoms with E-state index in [9.17, 15) is 14.0 Å². The Labute approximate surface area is 177 Å². The largest absolute Gasteiger partial charge is 0.444 e. The van der Waals surface area contributed by atoms with Gasteiger partial charge >= 0.3 is 11.0 Å². The maximum atomic E-state index is 14.5. The number of anilines is 1. The molecule has 9 heteroatoms. The number of hydrogen-bond acceptors (Lipinski definition) is 6. The molecule has 1 saturated heterocycles. The molecule has 1 aromatic carbocycles. The number of benzene rings is 1. The predicted octanol–water partition coefficient (Wildman–Crippen LogP) is 3.85. The zero-order valence-electron chi connectivity index (χ0n) is 17.1. The van der Waals surface area contributed by atoms with Crippen molar-refractivity contribution in [2.45, 2.75) is 26.4 Å². The zero-order valence-corrected chi connectivity index (χ0v) is 17.9. The van der Waals surface area contributed by atoms with E-state index >= 15 is 0 Å². The summed E-state index contributed by atoms with van der Waals surface area (Å²) in [6.45, 7) is 7.94. The molecule has 3 heterocycles. The van der Waals surface area contributed by atoms with Gasteiger partial charge in [0, 0.05) is 43.5 Å². The van der Waals surface area contributed by atoms with Crippen LogP contribution < -0.4 is 9.77 Å². The van der Waals surface area contributed by atoms with Crippen LogP contribution in [0, 0.1) is 5.82 Å². The van der Waals surface area contributed by atoms with Gasteiger partial charge in [-0.2, -0.15) is 0 Å². The molecule has 30 heavy (non-hydrogen) atoms. The highest BCUT2D eigenvalue weighted by Crippen LogP contribution is 2.29. The number of carbonyl (C=O) groups is 1. The molecule has 4 rings (SSSR count). The second-order valence-electron chi connectivity index (χ2n) is 8.20. The highest BCUT2D eigenvalue weighted by atomic mass is 32.1. The molecule has 3 aromatic rings. The van der Waals surface area contributed by atoms with E-state index in [4.69, 9.17) is 4.74 Å². The summed E-state index contributed by atoms with van der Waals surface area (Å²) in [5.74, 6) is 0.368. The summed E-state index contributed by atoms with van der Waals surface area (Å²) in [6.07, 6.45) is 1.33. The molecule has 1 N–H and O–H groups in total. The third-order valence-corrected chi connectivity index (χ3v) is 5.67. The number of fused-ring (bicyclic) bond motifs is 1. The molecule has 158 valence electrons. The number of H-pyrrole nitrogens is 1. The van der Waals surface area contributed by atoms with Crippen molar-refractivity contribution < 1.29 is 13.9 Å². The number of aromatic nitrogens is 2. The smallest absolute Gasteiger partial charge is 0.410 e. The van der Waals surface area contributed by atoms with E-state index < -0.39 is 11.4 Å². The first-order chi connectivity index (χ1) is 14.2. The van der Waals surface area contributed by atoms with Crippen molar-refractivity contribution in [3.63, 3.8) is 0 Å². The SMILES string of the molecule is CC(C)(C)OC(=O)N1CCN(c2ccc(-c3cc4sc(=O)[nH]c4cc3F)cn2)CC1. The maximum Gasteiger partial charge on any atom is 0.410 e. The molecule has 1 aliphatic rings. The Morgan fingerprint density at radius 3 is 2.57 bits per heavy atom. The first-order valence-corrected chi connectivity index (χ1v) is 10.5. The monoisotopic (exact) mass is 430 g/mol. The Bertz CT molecular complexity index is 1130.